The zero-order valence-corrected chi connectivity index (χ0v) is 15.3. The van der Waals surface area contributed by atoms with Gasteiger partial charge in [0.2, 0.25) is 6.41 Å². The van der Waals surface area contributed by atoms with Crippen LogP contribution in [0.15, 0.2) is 53.5 Å². The fourth-order valence-corrected chi connectivity index (χ4v) is 1.97. The number of aliphatic imine (C=N–C) groups is 1. The maximum Gasteiger partial charge on any atom is 0.387 e. The number of ether oxygens (including phenoxy) is 1. The van der Waals surface area contributed by atoms with Gasteiger partial charge in [-0.2, -0.15) is 8.78 Å². The van der Waals surface area contributed by atoms with Crippen molar-refractivity contribution in [2.75, 3.05) is 7.05 Å². The molecule has 0 aliphatic heterocycles. The van der Waals surface area contributed by atoms with E-state index in [1.807, 2.05) is 19.1 Å². The fraction of sp³-hybridized carbons (Fsp3) is 0.263. The van der Waals surface area contributed by atoms with E-state index >= 15 is 0 Å². The molecule has 1 atom stereocenters. The minimum atomic E-state index is -2.85. The number of nitrogens with two attached hydrogens (primary N) is 1. The van der Waals surface area contributed by atoms with Gasteiger partial charge in [-0.3, -0.25) is 9.69 Å². The van der Waals surface area contributed by atoms with Crippen LogP contribution in [0.3, 0.4) is 0 Å². The molecule has 0 bridgehead atoms. The summed E-state index contributed by atoms with van der Waals surface area (Å²) in [6.07, 6.45) is 0.547. The van der Waals surface area contributed by atoms with E-state index in [1.165, 1.54) is 19.2 Å². The van der Waals surface area contributed by atoms with Gasteiger partial charge in [-0.25, -0.2) is 4.99 Å². The number of aryl methyl sites for hydroxylation is 1. The molecule has 0 saturated carbocycles. The fourth-order valence-electron chi connectivity index (χ4n) is 1.97. The Balaban J connectivity index is 0.000000377. The Hall–Kier alpha value is -3.16. The molecule has 2 rings (SSSR count). The third-order valence-electron chi connectivity index (χ3n) is 3.43. The molecule has 0 heterocycles. The van der Waals surface area contributed by atoms with Gasteiger partial charge in [-0.05, 0) is 49.2 Å². The Morgan fingerprint density at radius 1 is 1.26 bits per heavy atom. The van der Waals surface area contributed by atoms with Gasteiger partial charge in [0.05, 0.1) is 6.04 Å². The first kappa shape index (κ1) is 21.9. The van der Waals surface area contributed by atoms with Crippen LogP contribution in [0.25, 0.3) is 0 Å². The van der Waals surface area contributed by atoms with Crippen LogP contribution in [0.1, 0.15) is 24.1 Å². The van der Waals surface area contributed by atoms with Gasteiger partial charge >= 0.3 is 6.61 Å². The maximum absolute atomic E-state index is 12.0. The number of alkyl halides is 2. The van der Waals surface area contributed by atoms with Gasteiger partial charge in [0.15, 0.2) is 5.96 Å². The van der Waals surface area contributed by atoms with E-state index in [0.717, 1.165) is 16.0 Å². The van der Waals surface area contributed by atoms with Crippen LogP contribution in [0, 0.1) is 6.92 Å². The van der Waals surface area contributed by atoms with E-state index in [1.54, 1.807) is 31.2 Å². The normalized spacial score (nSPS) is 12.0. The molecule has 0 aliphatic rings. The molecule has 0 radical (unpaired) electrons. The predicted molar refractivity (Wildman–Crippen MR) is 99.8 cm³/mol. The van der Waals surface area contributed by atoms with Crippen molar-refractivity contribution in [3.63, 3.8) is 0 Å². The van der Waals surface area contributed by atoms with Gasteiger partial charge in [0.1, 0.15) is 11.5 Å². The number of aromatic hydroxyl groups is 1. The summed E-state index contributed by atoms with van der Waals surface area (Å²) in [4.78, 5) is 15.7. The van der Waals surface area contributed by atoms with Crippen molar-refractivity contribution in [1.29, 1.82) is 0 Å². The highest BCUT2D eigenvalue weighted by Crippen LogP contribution is 2.21. The summed E-state index contributed by atoms with van der Waals surface area (Å²) in [5, 5.41) is 8.81. The van der Waals surface area contributed by atoms with Crippen LogP contribution < -0.4 is 10.5 Å². The number of amides is 1. The van der Waals surface area contributed by atoms with Crippen LogP contribution in [0.5, 0.6) is 11.5 Å². The number of guanidine groups is 1. The topological polar surface area (TPSA) is 88.2 Å². The van der Waals surface area contributed by atoms with Crippen molar-refractivity contribution in [3.8, 4) is 11.5 Å². The van der Waals surface area contributed by atoms with E-state index < -0.39 is 6.61 Å². The van der Waals surface area contributed by atoms with E-state index in [2.05, 4.69) is 9.73 Å². The number of phenolic OH excluding ortho intramolecular Hbond substituents is 1. The number of nitrogens with zero attached hydrogens (tertiary/aromatic N) is 2. The molecule has 6 nitrogen and oxygen atoms in total. The highest BCUT2D eigenvalue weighted by Gasteiger charge is 2.08. The SMILES string of the molecule is CC(N=C(N)N(C)C=O)c1ccc(OC(F)F)cc1.Cc1cccc(O)c1. The van der Waals surface area contributed by atoms with E-state index in [0.29, 0.717) is 12.2 Å². The van der Waals surface area contributed by atoms with Crippen molar-refractivity contribution in [1.82, 2.24) is 4.90 Å². The largest absolute Gasteiger partial charge is 0.508 e. The van der Waals surface area contributed by atoms with Crippen LogP contribution in [-0.2, 0) is 4.79 Å². The summed E-state index contributed by atoms with van der Waals surface area (Å²) >= 11 is 0. The van der Waals surface area contributed by atoms with Gasteiger partial charge in [0, 0.05) is 7.05 Å². The average Bonchev–Trinajstić information content (AvgIpc) is 2.61. The van der Waals surface area contributed by atoms with Crippen LogP contribution in [-0.4, -0.2) is 36.0 Å². The summed E-state index contributed by atoms with van der Waals surface area (Å²) in [6, 6.07) is 12.9. The number of carbonyl (C=O) groups excluding carboxylic acids is 1. The quantitative estimate of drug-likeness (QED) is 0.473. The number of hydrogen-bond donors (Lipinski definition) is 2. The Labute approximate surface area is 156 Å². The van der Waals surface area contributed by atoms with Crippen molar-refractivity contribution >= 4 is 12.4 Å². The molecule has 8 heteroatoms. The molecule has 0 aliphatic carbocycles. The Morgan fingerprint density at radius 3 is 2.33 bits per heavy atom. The van der Waals surface area contributed by atoms with E-state index in [9.17, 15) is 13.6 Å². The number of hydrogen-bond acceptors (Lipinski definition) is 4. The molecule has 1 unspecified atom stereocenters. The molecule has 27 heavy (non-hydrogen) atoms. The van der Waals surface area contributed by atoms with Crippen LogP contribution in [0.4, 0.5) is 8.78 Å². The van der Waals surface area contributed by atoms with Crippen LogP contribution >= 0.6 is 0 Å². The zero-order valence-electron chi connectivity index (χ0n) is 15.3. The van der Waals surface area contributed by atoms with E-state index in [4.69, 9.17) is 10.8 Å². The second-order valence-electron chi connectivity index (χ2n) is 5.67. The predicted octanol–water partition coefficient (Wildman–Crippen LogP) is 3.45. The molecule has 0 fully saturated rings. The summed E-state index contributed by atoms with van der Waals surface area (Å²) in [7, 11) is 1.48. The number of benzene rings is 2. The average molecular weight is 379 g/mol. The molecular formula is C19H23F2N3O3. The lowest BCUT2D eigenvalue weighted by Crippen LogP contribution is -2.33. The monoisotopic (exact) mass is 379 g/mol. The van der Waals surface area contributed by atoms with Crippen molar-refractivity contribution < 1.29 is 23.4 Å². The molecule has 0 aromatic heterocycles. The molecule has 2 aromatic carbocycles. The minimum Gasteiger partial charge on any atom is -0.508 e. The maximum atomic E-state index is 12.0. The summed E-state index contributed by atoms with van der Waals surface area (Å²) < 4.78 is 28.2. The molecule has 3 N–H and O–H groups in total. The summed E-state index contributed by atoms with van der Waals surface area (Å²) in [5.41, 5.74) is 7.44. The first-order chi connectivity index (χ1) is 12.7. The Morgan fingerprint density at radius 2 is 1.89 bits per heavy atom. The number of rotatable bonds is 5. The van der Waals surface area contributed by atoms with Gasteiger partial charge in [-0.1, -0.05) is 24.3 Å². The number of phenols is 1. The Bertz CT molecular complexity index is 735. The van der Waals surface area contributed by atoms with Crippen molar-refractivity contribution in [2.24, 2.45) is 10.7 Å². The highest BCUT2D eigenvalue weighted by atomic mass is 19.3. The standard InChI is InChI=1S/C12H15F2N3O2.C7H8O/c1-8(16-12(15)17(2)7-18)9-3-5-10(6-4-9)19-11(13)14;1-6-3-2-4-7(8)5-6/h3-8,11H,1-2H3,(H2,15,16);2-5,8H,1H3. The van der Waals surface area contributed by atoms with Gasteiger partial charge in [-0.15, -0.1) is 0 Å². The molecule has 0 saturated heterocycles. The molecule has 2 aromatic rings. The molecular weight excluding hydrogens is 356 g/mol. The smallest absolute Gasteiger partial charge is 0.387 e. The second-order valence-corrected chi connectivity index (χ2v) is 5.67. The van der Waals surface area contributed by atoms with Crippen molar-refractivity contribution in [2.45, 2.75) is 26.5 Å². The molecule has 146 valence electrons. The van der Waals surface area contributed by atoms with E-state index in [-0.39, 0.29) is 17.8 Å². The third-order valence-corrected chi connectivity index (χ3v) is 3.43. The lowest BCUT2D eigenvalue weighted by Gasteiger charge is -2.13. The van der Waals surface area contributed by atoms with Gasteiger partial charge in [0.25, 0.3) is 0 Å². The molecule has 1 amide bonds. The first-order valence-electron chi connectivity index (χ1n) is 8.04. The van der Waals surface area contributed by atoms with Crippen LogP contribution in [0.2, 0.25) is 0 Å². The highest BCUT2D eigenvalue weighted by molar-refractivity contribution is 5.87. The first-order valence-corrected chi connectivity index (χ1v) is 8.04. The summed E-state index contributed by atoms with van der Waals surface area (Å²) in [6.45, 7) is 0.868. The minimum absolute atomic E-state index is 0.0768. The number of carbonyl (C=O) groups is 1. The second kappa shape index (κ2) is 10.7. The van der Waals surface area contributed by atoms with Gasteiger partial charge < -0.3 is 15.6 Å². The summed E-state index contributed by atoms with van der Waals surface area (Å²) in [5.74, 6) is 0.494. The van der Waals surface area contributed by atoms with Crippen molar-refractivity contribution in [3.05, 3.63) is 59.7 Å². The molecule has 0 spiro atoms. The Kier molecular flexibility index (Phi) is 8.71. The lowest BCUT2D eigenvalue weighted by molar-refractivity contribution is -0.114. The lowest BCUT2D eigenvalue weighted by atomic mass is 10.1. The zero-order chi connectivity index (χ0) is 20.4. The third kappa shape index (κ3) is 8.17. The number of halogens is 2.